The van der Waals surface area contributed by atoms with E-state index in [2.05, 4.69) is 9.80 Å². The second kappa shape index (κ2) is 10.1. The summed E-state index contributed by atoms with van der Waals surface area (Å²) < 4.78 is 13.2. The Bertz CT molecular complexity index is 913. The highest BCUT2D eigenvalue weighted by Gasteiger charge is 2.30. The predicted molar refractivity (Wildman–Crippen MR) is 123 cm³/mol. The molecule has 2 amide bonds. The van der Waals surface area contributed by atoms with Crippen molar-refractivity contribution in [3.05, 3.63) is 66.0 Å². The Labute approximate surface area is 189 Å². The highest BCUT2D eigenvalue weighted by Crippen LogP contribution is 2.18. The second-order valence-corrected chi connectivity index (χ2v) is 8.51. The van der Waals surface area contributed by atoms with Crippen LogP contribution in [-0.4, -0.2) is 84.9 Å². The first-order valence-corrected chi connectivity index (χ1v) is 11.4. The van der Waals surface area contributed by atoms with Crippen molar-refractivity contribution in [2.24, 2.45) is 0 Å². The fraction of sp³-hybridized carbons (Fsp3) is 0.440. The van der Waals surface area contributed by atoms with Gasteiger partial charge in [-0.1, -0.05) is 18.2 Å². The first kappa shape index (κ1) is 22.3. The van der Waals surface area contributed by atoms with Gasteiger partial charge in [-0.05, 0) is 49.7 Å². The molecule has 0 N–H and O–H groups in total. The lowest BCUT2D eigenvalue weighted by Crippen LogP contribution is -2.54. The molecule has 2 heterocycles. The normalized spacial score (nSPS) is 18.9. The summed E-state index contributed by atoms with van der Waals surface area (Å²) >= 11 is 0. The molecule has 7 heteroatoms. The summed E-state index contributed by atoms with van der Waals surface area (Å²) in [4.78, 5) is 34.2. The lowest BCUT2D eigenvalue weighted by atomic mass is 10.2. The molecule has 1 unspecified atom stereocenters. The van der Waals surface area contributed by atoms with Gasteiger partial charge in [0.05, 0.1) is 6.04 Å². The summed E-state index contributed by atoms with van der Waals surface area (Å²) in [6, 6.07) is 15.7. The van der Waals surface area contributed by atoms with E-state index in [1.54, 1.807) is 12.1 Å². The molecule has 2 fully saturated rings. The highest BCUT2D eigenvalue weighted by molar-refractivity contribution is 5.94. The topological polar surface area (TPSA) is 47.1 Å². The lowest BCUT2D eigenvalue weighted by molar-refractivity contribution is -0.136. The fourth-order valence-electron chi connectivity index (χ4n) is 4.55. The molecular formula is C25H31FN4O2. The Morgan fingerprint density at radius 1 is 0.781 bits per heavy atom. The molecule has 4 rings (SSSR count). The quantitative estimate of drug-likeness (QED) is 0.737. The molecule has 2 aliphatic heterocycles. The summed E-state index contributed by atoms with van der Waals surface area (Å²) in [5.74, 6) is -0.0344. The van der Waals surface area contributed by atoms with E-state index in [1.165, 1.54) is 12.1 Å². The Morgan fingerprint density at radius 2 is 1.44 bits per heavy atom. The van der Waals surface area contributed by atoms with Gasteiger partial charge < -0.3 is 14.7 Å². The van der Waals surface area contributed by atoms with Crippen molar-refractivity contribution >= 4 is 17.5 Å². The third-order valence-electron chi connectivity index (χ3n) is 6.53. The smallest absolute Gasteiger partial charge is 0.253 e. The summed E-state index contributed by atoms with van der Waals surface area (Å²) in [5, 5.41) is 0. The van der Waals surface area contributed by atoms with E-state index in [-0.39, 0.29) is 23.7 Å². The van der Waals surface area contributed by atoms with E-state index in [0.29, 0.717) is 38.3 Å². The maximum Gasteiger partial charge on any atom is 0.253 e. The molecule has 0 spiro atoms. The number of halogens is 1. The van der Waals surface area contributed by atoms with E-state index in [4.69, 9.17) is 0 Å². The maximum atomic E-state index is 13.2. The molecule has 1 atom stereocenters. The second-order valence-electron chi connectivity index (χ2n) is 8.51. The number of rotatable bonds is 4. The van der Waals surface area contributed by atoms with Gasteiger partial charge in [0, 0.05) is 63.6 Å². The number of benzene rings is 2. The van der Waals surface area contributed by atoms with Crippen molar-refractivity contribution in [1.29, 1.82) is 0 Å². The average Bonchev–Trinajstić information content (AvgIpc) is 3.10. The number of carbonyl (C=O) groups is 2. The van der Waals surface area contributed by atoms with Crippen molar-refractivity contribution in [2.75, 3.05) is 57.3 Å². The van der Waals surface area contributed by atoms with E-state index in [0.717, 1.165) is 31.7 Å². The number of piperazine rings is 1. The number of anilines is 1. The minimum atomic E-state index is -0.238. The van der Waals surface area contributed by atoms with Crippen LogP contribution < -0.4 is 4.90 Å². The lowest BCUT2D eigenvalue weighted by Gasteiger charge is -2.39. The molecule has 2 aliphatic rings. The number of hydrogen-bond donors (Lipinski definition) is 0. The van der Waals surface area contributed by atoms with Crippen LogP contribution in [0.25, 0.3) is 0 Å². The zero-order valence-electron chi connectivity index (χ0n) is 18.6. The third-order valence-corrected chi connectivity index (χ3v) is 6.53. The van der Waals surface area contributed by atoms with Crippen LogP contribution in [0.4, 0.5) is 10.1 Å². The van der Waals surface area contributed by atoms with Crippen LogP contribution in [0.3, 0.4) is 0 Å². The number of hydrogen-bond acceptors (Lipinski definition) is 4. The number of nitrogens with zero attached hydrogens (tertiary/aromatic N) is 4. The molecule has 32 heavy (non-hydrogen) atoms. The van der Waals surface area contributed by atoms with Crippen LogP contribution in [0.2, 0.25) is 0 Å². The zero-order chi connectivity index (χ0) is 22.5. The van der Waals surface area contributed by atoms with Crippen molar-refractivity contribution < 1.29 is 14.0 Å². The van der Waals surface area contributed by atoms with Gasteiger partial charge in [0.25, 0.3) is 5.91 Å². The summed E-state index contributed by atoms with van der Waals surface area (Å²) in [6.45, 7) is 7.61. The van der Waals surface area contributed by atoms with Gasteiger partial charge in [0.1, 0.15) is 5.82 Å². The van der Waals surface area contributed by atoms with Crippen LogP contribution in [0.5, 0.6) is 0 Å². The van der Waals surface area contributed by atoms with E-state index >= 15 is 0 Å². The summed E-state index contributed by atoms with van der Waals surface area (Å²) in [7, 11) is 0. The standard InChI is InChI=1S/C25H31FN4O2/c1-20(24(31)30-18-15-28(16-19-30)23-10-8-22(26)9-11-23)27-12-5-13-29(17-14-27)25(32)21-6-3-2-4-7-21/h2-4,6-11,20H,5,12-19H2,1H3. The molecule has 2 saturated heterocycles. The van der Waals surface area contributed by atoms with Crippen LogP contribution in [-0.2, 0) is 4.79 Å². The largest absolute Gasteiger partial charge is 0.368 e. The minimum absolute atomic E-state index is 0.0587. The van der Waals surface area contributed by atoms with Gasteiger partial charge in [0.2, 0.25) is 5.91 Å². The molecule has 0 bridgehead atoms. The zero-order valence-corrected chi connectivity index (χ0v) is 18.6. The van der Waals surface area contributed by atoms with Crippen LogP contribution in [0, 0.1) is 5.82 Å². The number of amides is 2. The summed E-state index contributed by atoms with van der Waals surface area (Å²) in [5.41, 5.74) is 1.70. The third kappa shape index (κ3) is 5.10. The molecule has 6 nitrogen and oxygen atoms in total. The highest BCUT2D eigenvalue weighted by atomic mass is 19.1. The fourth-order valence-corrected chi connectivity index (χ4v) is 4.55. The molecular weight excluding hydrogens is 407 g/mol. The summed E-state index contributed by atoms with van der Waals surface area (Å²) in [6.07, 6.45) is 0.856. The molecule has 2 aromatic carbocycles. The van der Waals surface area contributed by atoms with Crippen molar-refractivity contribution in [3.63, 3.8) is 0 Å². The number of carbonyl (C=O) groups excluding carboxylic acids is 2. The van der Waals surface area contributed by atoms with Crippen molar-refractivity contribution in [2.45, 2.75) is 19.4 Å². The first-order valence-electron chi connectivity index (χ1n) is 11.4. The maximum absolute atomic E-state index is 13.2. The van der Waals surface area contributed by atoms with Gasteiger partial charge in [-0.15, -0.1) is 0 Å². The van der Waals surface area contributed by atoms with Crippen LogP contribution >= 0.6 is 0 Å². The van der Waals surface area contributed by atoms with Gasteiger partial charge >= 0.3 is 0 Å². The predicted octanol–water partition coefficient (Wildman–Crippen LogP) is 2.71. The molecule has 0 saturated carbocycles. The molecule has 170 valence electrons. The van der Waals surface area contributed by atoms with Crippen molar-refractivity contribution in [1.82, 2.24) is 14.7 Å². The van der Waals surface area contributed by atoms with Crippen LogP contribution in [0.15, 0.2) is 54.6 Å². The van der Waals surface area contributed by atoms with Gasteiger partial charge in [-0.3, -0.25) is 14.5 Å². The monoisotopic (exact) mass is 438 g/mol. The average molecular weight is 439 g/mol. The molecule has 2 aromatic rings. The van der Waals surface area contributed by atoms with E-state index in [9.17, 15) is 14.0 Å². The van der Waals surface area contributed by atoms with Gasteiger partial charge in [-0.2, -0.15) is 0 Å². The Hall–Kier alpha value is -2.93. The SMILES string of the molecule is CC(C(=O)N1CCN(c2ccc(F)cc2)CC1)N1CCCN(C(=O)c2ccccc2)CC1. The van der Waals surface area contributed by atoms with E-state index in [1.807, 2.05) is 47.1 Å². The van der Waals surface area contributed by atoms with Crippen molar-refractivity contribution in [3.8, 4) is 0 Å². The minimum Gasteiger partial charge on any atom is -0.368 e. The van der Waals surface area contributed by atoms with Gasteiger partial charge in [-0.25, -0.2) is 4.39 Å². The Balaban J connectivity index is 1.29. The molecule has 0 aliphatic carbocycles. The van der Waals surface area contributed by atoms with Gasteiger partial charge in [0.15, 0.2) is 0 Å². The molecule has 0 radical (unpaired) electrons. The van der Waals surface area contributed by atoms with E-state index < -0.39 is 0 Å². The Kier molecular flexibility index (Phi) is 7.05. The first-order chi connectivity index (χ1) is 15.5. The Morgan fingerprint density at radius 3 is 2.12 bits per heavy atom. The molecule has 0 aromatic heterocycles. The van der Waals surface area contributed by atoms with Crippen LogP contribution in [0.1, 0.15) is 23.7 Å².